The molecular weight excluding hydrogens is 264 g/mol. The van der Waals surface area contributed by atoms with Gasteiger partial charge in [-0.1, -0.05) is 25.3 Å². The van der Waals surface area contributed by atoms with E-state index in [1.165, 1.54) is 19.3 Å². The van der Waals surface area contributed by atoms with Crippen LogP contribution in [0.3, 0.4) is 0 Å². The molecule has 0 aromatic heterocycles. The molecule has 21 heavy (non-hydrogen) atoms. The van der Waals surface area contributed by atoms with Gasteiger partial charge in [-0.05, 0) is 37.0 Å². The number of anilines is 1. The monoisotopic (exact) mass is 290 g/mol. The van der Waals surface area contributed by atoms with Gasteiger partial charge in [0.2, 0.25) is 5.91 Å². The van der Waals surface area contributed by atoms with Crippen LogP contribution in [0.15, 0.2) is 18.2 Å². The number of aryl methyl sites for hydroxylation is 1. The largest absolute Gasteiger partial charge is 0.495 e. The van der Waals surface area contributed by atoms with Crippen molar-refractivity contribution in [2.24, 2.45) is 0 Å². The Hall–Kier alpha value is -1.71. The lowest BCUT2D eigenvalue weighted by molar-refractivity contribution is -0.132. The summed E-state index contributed by atoms with van der Waals surface area (Å²) < 4.78 is 5.14. The second-order valence-corrected chi connectivity index (χ2v) is 5.87. The molecule has 0 radical (unpaired) electrons. The molecule has 116 valence electrons. The number of amides is 1. The van der Waals surface area contributed by atoms with Gasteiger partial charge < -0.3 is 15.4 Å². The molecule has 4 nitrogen and oxygen atoms in total. The van der Waals surface area contributed by atoms with Crippen LogP contribution in [0, 0.1) is 0 Å². The summed E-state index contributed by atoms with van der Waals surface area (Å²) in [6, 6.07) is 6.17. The van der Waals surface area contributed by atoms with Crippen LogP contribution in [-0.2, 0) is 11.2 Å². The van der Waals surface area contributed by atoms with Gasteiger partial charge in [0.1, 0.15) is 5.75 Å². The van der Waals surface area contributed by atoms with Crippen molar-refractivity contribution in [3.8, 4) is 5.75 Å². The third kappa shape index (κ3) is 4.13. The van der Waals surface area contributed by atoms with E-state index in [-0.39, 0.29) is 5.91 Å². The zero-order valence-electron chi connectivity index (χ0n) is 13.1. The molecule has 1 aromatic carbocycles. The third-order valence-corrected chi connectivity index (χ3v) is 4.44. The van der Waals surface area contributed by atoms with E-state index in [4.69, 9.17) is 10.5 Å². The predicted octanol–water partition coefficient (Wildman–Crippen LogP) is 3.00. The first kappa shape index (κ1) is 15.7. The molecule has 0 heterocycles. The minimum atomic E-state index is 0.233. The van der Waals surface area contributed by atoms with Crippen LogP contribution in [0.25, 0.3) is 0 Å². The Morgan fingerprint density at radius 3 is 2.67 bits per heavy atom. The molecule has 0 saturated heterocycles. The van der Waals surface area contributed by atoms with Gasteiger partial charge in [0.25, 0.3) is 0 Å². The summed E-state index contributed by atoms with van der Waals surface area (Å²) in [6.45, 7) is 0. The number of nitrogens with zero attached hydrogens (tertiary/aromatic N) is 1. The molecule has 1 aliphatic carbocycles. The average molecular weight is 290 g/mol. The van der Waals surface area contributed by atoms with Gasteiger partial charge in [-0.15, -0.1) is 0 Å². The fourth-order valence-electron chi connectivity index (χ4n) is 3.04. The highest BCUT2D eigenvalue weighted by atomic mass is 16.5. The molecule has 0 unspecified atom stereocenters. The minimum absolute atomic E-state index is 0.233. The predicted molar refractivity (Wildman–Crippen MR) is 85.4 cm³/mol. The van der Waals surface area contributed by atoms with Crippen LogP contribution in [0.4, 0.5) is 5.69 Å². The first-order valence-electron chi connectivity index (χ1n) is 7.80. The van der Waals surface area contributed by atoms with Crippen LogP contribution >= 0.6 is 0 Å². The third-order valence-electron chi connectivity index (χ3n) is 4.44. The van der Waals surface area contributed by atoms with Crippen LogP contribution in [0.1, 0.15) is 44.1 Å². The molecule has 2 rings (SSSR count). The van der Waals surface area contributed by atoms with E-state index < -0.39 is 0 Å². The number of carbonyl (C=O) groups excluding carboxylic acids is 1. The molecule has 0 atom stereocenters. The Balaban J connectivity index is 1.86. The molecule has 0 spiro atoms. The second kappa shape index (κ2) is 7.34. The van der Waals surface area contributed by atoms with Crippen LogP contribution in [0.5, 0.6) is 5.75 Å². The van der Waals surface area contributed by atoms with Gasteiger partial charge in [-0.2, -0.15) is 0 Å². The van der Waals surface area contributed by atoms with E-state index in [9.17, 15) is 4.79 Å². The highest BCUT2D eigenvalue weighted by Crippen LogP contribution is 2.24. The zero-order valence-corrected chi connectivity index (χ0v) is 13.1. The van der Waals surface area contributed by atoms with E-state index >= 15 is 0 Å². The number of rotatable bonds is 5. The van der Waals surface area contributed by atoms with Crippen molar-refractivity contribution in [3.63, 3.8) is 0 Å². The first-order valence-corrected chi connectivity index (χ1v) is 7.80. The SMILES string of the molecule is COc1ccc(CCC(=O)N(C)C2CCCCC2)cc1N. The first-order chi connectivity index (χ1) is 10.1. The smallest absolute Gasteiger partial charge is 0.222 e. The van der Waals surface area contributed by atoms with Gasteiger partial charge in [-0.3, -0.25) is 4.79 Å². The molecule has 0 bridgehead atoms. The van der Waals surface area contributed by atoms with Crippen LogP contribution in [0.2, 0.25) is 0 Å². The number of benzene rings is 1. The number of nitrogen functional groups attached to an aromatic ring is 1. The summed E-state index contributed by atoms with van der Waals surface area (Å²) >= 11 is 0. The Labute approximate surface area is 127 Å². The van der Waals surface area contributed by atoms with E-state index in [2.05, 4.69) is 0 Å². The van der Waals surface area contributed by atoms with Crippen LogP contribution in [-0.4, -0.2) is 31.0 Å². The summed E-state index contributed by atoms with van der Waals surface area (Å²) in [4.78, 5) is 14.2. The van der Waals surface area contributed by atoms with E-state index in [0.717, 1.165) is 24.8 Å². The maximum absolute atomic E-state index is 12.3. The summed E-state index contributed by atoms with van der Waals surface area (Å²) in [6.07, 6.45) is 7.37. The molecule has 4 heteroatoms. The number of ether oxygens (including phenoxy) is 1. The van der Waals surface area contributed by atoms with Gasteiger partial charge in [-0.25, -0.2) is 0 Å². The Kier molecular flexibility index (Phi) is 5.48. The molecule has 2 N–H and O–H groups in total. The van der Waals surface area contributed by atoms with E-state index in [1.807, 2.05) is 30.1 Å². The molecular formula is C17H26N2O2. The number of methoxy groups -OCH3 is 1. The van der Waals surface area contributed by atoms with Gasteiger partial charge >= 0.3 is 0 Å². The lowest BCUT2D eigenvalue weighted by atomic mass is 9.94. The molecule has 1 amide bonds. The van der Waals surface area contributed by atoms with Gasteiger partial charge in [0.15, 0.2) is 0 Å². The molecule has 1 saturated carbocycles. The van der Waals surface area contributed by atoms with Crippen molar-refractivity contribution < 1.29 is 9.53 Å². The lowest BCUT2D eigenvalue weighted by Crippen LogP contribution is -2.38. The highest BCUT2D eigenvalue weighted by molar-refractivity contribution is 5.76. The Morgan fingerprint density at radius 2 is 2.05 bits per heavy atom. The van der Waals surface area contributed by atoms with Crippen molar-refractivity contribution in [2.75, 3.05) is 19.9 Å². The quantitative estimate of drug-likeness (QED) is 0.848. The fourth-order valence-corrected chi connectivity index (χ4v) is 3.04. The van der Waals surface area contributed by atoms with Crippen LogP contribution < -0.4 is 10.5 Å². The molecule has 1 fully saturated rings. The van der Waals surface area contributed by atoms with Crippen molar-refractivity contribution in [2.45, 2.75) is 51.0 Å². The maximum Gasteiger partial charge on any atom is 0.222 e. The fraction of sp³-hybridized carbons (Fsp3) is 0.588. The maximum atomic E-state index is 12.3. The number of carbonyl (C=O) groups is 1. The average Bonchev–Trinajstić information content (AvgIpc) is 2.52. The summed E-state index contributed by atoms with van der Waals surface area (Å²) in [7, 11) is 3.55. The molecule has 1 aliphatic rings. The van der Waals surface area contributed by atoms with Crippen molar-refractivity contribution in [1.82, 2.24) is 4.90 Å². The summed E-state index contributed by atoms with van der Waals surface area (Å²) in [5, 5.41) is 0. The minimum Gasteiger partial charge on any atom is -0.495 e. The molecule has 1 aromatic rings. The zero-order chi connectivity index (χ0) is 15.2. The topological polar surface area (TPSA) is 55.6 Å². The normalized spacial score (nSPS) is 15.7. The number of hydrogen-bond donors (Lipinski definition) is 1. The van der Waals surface area contributed by atoms with Crippen molar-refractivity contribution >= 4 is 11.6 Å². The van der Waals surface area contributed by atoms with Crippen molar-refractivity contribution in [1.29, 1.82) is 0 Å². The summed E-state index contributed by atoms with van der Waals surface area (Å²) in [5.41, 5.74) is 7.60. The van der Waals surface area contributed by atoms with Crippen molar-refractivity contribution in [3.05, 3.63) is 23.8 Å². The van der Waals surface area contributed by atoms with E-state index in [1.54, 1.807) is 7.11 Å². The van der Waals surface area contributed by atoms with Gasteiger partial charge in [0, 0.05) is 19.5 Å². The number of hydrogen-bond acceptors (Lipinski definition) is 3. The van der Waals surface area contributed by atoms with E-state index in [0.29, 0.717) is 23.9 Å². The summed E-state index contributed by atoms with van der Waals surface area (Å²) in [5.74, 6) is 0.917. The highest BCUT2D eigenvalue weighted by Gasteiger charge is 2.21. The standard InChI is InChI=1S/C17H26N2O2/c1-19(14-6-4-3-5-7-14)17(20)11-9-13-8-10-16(21-2)15(18)12-13/h8,10,12,14H,3-7,9,11,18H2,1-2H3. The van der Waals surface area contributed by atoms with Gasteiger partial charge in [0.05, 0.1) is 12.8 Å². The number of nitrogens with two attached hydrogens (primary N) is 1. The lowest BCUT2D eigenvalue weighted by Gasteiger charge is -2.31. The second-order valence-electron chi connectivity index (χ2n) is 5.87. The molecule has 0 aliphatic heterocycles. The Morgan fingerprint density at radius 1 is 1.33 bits per heavy atom. The Bertz CT molecular complexity index is 482.